The number of carboxylic acid groups (broad SMARTS) is 3. The molecule has 0 heterocycles. The first-order valence-electron chi connectivity index (χ1n) is 6.10. The smallest absolute Gasteiger partial charge is 0.411 e. The Morgan fingerprint density at radius 1 is 1.05 bits per heavy atom. The minimum atomic E-state index is -1.70. The Morgan fingerprint density at radius 3 is 1.90 bits per heavy atom. The lowest BCUT2D eigenvalue weighted by molar-refractivity contribution is -0.150. The van der Waals surface area contributed by atoms with Crippen LogP contribution in [0.4, 0.5) is 4.79 Å². The molecule has 0 aromatic carbocycles. The first-order chi connectivity index (χ1) is 9.44. The quantitative estimate of drug-likeness (QED) is 0.621. The first kappa shape index (κ1) is 18.7. The highest BCUT2D eigenvalue weighted by atomic mass is 16.6. The average Bonchev–Trinajstić information content (AvgIpc) is 2.23. The molecule has 3 N–H and O–H groups in total. The number of aliphatic carboxylic acids is 3. The minimum absolute atomic E-state index is 0.464. The summed E-state index contributed by atoms with van der Waals surface area (Å²) in [5.41, 5.74) is -0.926. The van der Waals surface area contributed by atoms with Crippen LogP contribution < -0.4 is 0 Å². The zero-order valence-electron chi connectivity index (χ0n) is 12.0. The van der Waals surface area contributed by atoms with Gasteiger partial charge < -0.3 is 20.1 Å². The second kappa shape index (κ2) is 7.46. The molecule has 0 unspecified atom stereocenters. The number of hydrogen-bond acceptors (Lipinski definition) is 5. The molecule has 0 rings (SSSR count). The highest BCUT2D eigenvalue weighted by molar-refractivity contribution is 5.85. The van der Waals surface area contributed by atoms with Gasteiger partial charge in [-0.25, -0.2) is 9.59 Å². The fourth-order valence-electron chi connectivity index (χ4n) is 1.41. The molecule has 0 saturated carbocycles. The van der Waals surface area contributed by atoms with Crippen LogP contribution in [-0.4, -0.2) is 62.4 Å². The number of carboxylic acids is 3. The van der Waals surface area contributed by atoms with Crippen LogP contribution in [-0.2, 0) is 19.1 Å². The first-order valence-corrected chi connectivity index (χ1v) is 6.10. The van der Waals surface area contributed by atoms with Gasteiger partial charge in [-0.05, 0) is 20.8 Å². The van der Waals surface area contributed by atoms with Gasteiger partial charge >= 0.3 is 24.0 Å². The van der Waals surface area contributed by atoms with E-state index in [1.165, 1.54) is 0 Å². The van der Waals surface area contributed by atoms with Crippen molar-refractivity contribution >= 4 is 24.0 Å². The van der Waals surface area contributed by atoms with Crippen molar-refractivity contribution in [2.75, 3.05) is 6.54 Å². The molecule has 9 heteroatoms. The Balaban J connectivity index is 5.24. The predicted octanol–water partition coefficient (Wildman–Crippen LogP) is 0.626. The molecule has 21 heavy (non-hydrogen) atoms. The zero-order chi connectivity index (χ0) is 16.8. The molecule has 0 aliphatic carbocycles. The lowest BCUT2D eigenvalue weighted by atomic mass is 10.1. The molecule has 0 spiro atoms. The summed E-state index contributed by atoms with van der Waals surface area (Å²) < 4.78 is 4.98. The van der Waals surface area contributed by atoms with Crippen molar-refractivity contribution in [3.63, 3.8) is 0 Å². The maximum absolute atomic E-state index is 12.0. The van der Waals surface area contributed by atoms with Crippen LogP contribution >= 0.6 is 0 Å². The molecule has 120 valence electrons. The van der Waals surface area contributed by atoms with Crippen molar-refractivity contribution in [2.45, 2.75) is 45.3 Å². The summed E-state index contributed by atoms with van der Waals surface area (Å²) in [6.07, 6.45) is -2.45. The van der Waals surface area contributed by atoms with Crippen LogP contribution in [0.1, 0.15) is 33.6 Å². The number of ether oxygens (including phenoxy) is 1. The van der Waals surface area contributed by atoms with E-state index in [-0.39, 0.29) is 0 Å². The van der Waals surface area contributed by atoms with Crippen LogP contribution in [0.15, 0.2) is 0 Å². The maximum atomic E-state index is 12.0. The molecular weight excluding hydrogens is 286 g/mol. The van der Waals surface area contributed by atoms with E-state index in [9.17, 15) is 19.2 Å². The summed E-state index contributed by atoms with van der Waals surface area (Å²) in [6.45, 7) is 4.18. The van der Waals surface area contributed by atoms with Crippen LogP contribution in [0.2, 0.25) is 0 Å². The van der Waals surface area contributed by atoms with Gasteiger partial charge in [0.25, 0.3) is 0 Å². The number of carbonyl (C=O) groups is 4. The molecule has 0 fully saturated rings. The third kappa shape index (κ3) is 7.75. The van der Waals surface area contributed by atoms with E-state index < -0.39 is 55.0 Å². The van der Waals surface area contributed by atoms with Crippen molar-refractivity contribution in [3.8, 4) is 0 Å². The summed E-state index contributed by atoms with van der Waals surface area (Å²) in [5, 5.41) is 26.4. The van der Waals surface area contributed by atoms with Gasteiger partial charge in [-0.15, -0.1) is 0 Å². The minimum Gasteiger partial charge on any atom is -0.481 e. The van der Waals surface area contributed by atoms with Gasteiger partial charge in [0.15, 0.2) is 0 Å². The summed E-state index contributed by atoms with van der Waals surface area (Å²) in [6, 6.07) is -1.70. The van der Waals surface area contributed by atoms with E-state index in [4.69, 9.17) is 20.1 Å². The average molecular weight is 305 g/mol. The second-order valence-electron chi connectivity index (χ2n) is 5.27. The summed E-state index contributed by atoms with van der Waals surface area (Å²) in [7, 11) is 0. The standard InChI is InChI=1S/C12H19NO8/c1-12(2,3)21-11(20)13(5-4-8(14)15)7(10(18)19)6-9(16)17/h7H,4-6H2,1-3H3,(H,14,15)(H,16,17)(H,18,19)/t7-/m1/s1. The van der Waals surface area contributed by atoms with Crippen LogP contribution in [0.5, 0.6) is 0 Å². The molecule has 0 aliphatic rings. The number of amides is 1. The van der Waals surface area contributed by atoms with Crippen molar-refractivity contribution in [1.82, 2.24) is 4.90 Å². The highest BCUT2D eigenvalue weighted by Gasteiger charge is 2.34. The molecule has 9 nitrogen and oxygen atoms in total. The third-order valence-corrected chi connectivity index (χ3v) is 2.22. The van der Waals surface area contributed by atoms with Gasteiger partial charge in [0.2, 0.25) is 0 Å². The number of rotatable bonds is 7. The van der Waals surface area contributed by atoms with Crippen molar-refractivity contribution < 1.29 is 39.2 Å². The fourth-order valence-corrected chi connectivity index (χ4v) is 1.41. The lowest BCUT2D eigenvalue weighted by Crippen LogP contribution is -2.49. The van der Waals surface area contributed by atoms with Gasteiger partial charge in [-0.3, -0.25) is 14.5 Å². The molecule has 0 aromatic rings. The van der Waals surface area contributed by atoms with Crippen molar-refractivity contribution in [2.24, 2.45) is 0 Å². The Bertz CT molecular complexity index is 425. The second-order valence-corrected chi connectivity index (χ2v) is 5.27. The van der Waals surface area contributed by atoms with Crippen molar-refractivity contribution in [3.05, 3.63) is 0 Å². The molecule has 0 bridgehead atoms. The Morgan fingerprint density at radius 2 is 1.57 bits per heavy atom. The summed E-state index contributed by atoms with van der Waals surface area (Å²) in [4.78, 5) is 45.0. The molecule has 1 atom stereocenters. The van der Waals surface area contributed by atoms with Crippen LogP contribution in [0.3, 0.4) is 0 Å². The van der Waals surface area contributed by atoms with E-state index in [0.717, 1.165) is 0 Å². The van der Waals surface area contributed by atoms with E-state index in [2.05, 4.69) is 0 Å². The third-order valence-electron chi connectivity index (χ3n) is 2.22. The topological polar surface area (TPSA) is 141 Å². The molecular formula is C12H19NO8. The normalized spacial score (nSPS) is 12.3. The summed E-state index contributed by atoms with van der Waals surface area (Å²) in [5.74, 6) is -4.22. The highest BCUT2D eigenvalue weighted by Crippen LogP contribution is 2.14. The Hall–Kier alpha value is -2.32. The molecule has 0 radical (unpaired) electrons. The van der Waals surface area contributed by atoms with Gasteiger partial charge in [-0.2, -0.15) is 0 Å². The molecule has 1 amide bonds. The predicted molar refractivity (Wildman–Crippen MR) is 68.9 cm³/mol. The Kier molecular flexibility index (Phi) is 6.64. The largest absolute Gasteiger partial charge is 0.481 e. The zero-order valence-corrected chi connectivity index (χ0v) is 12.0. The molecule has 0 saturated heterocycles. The van der Waals surface area contributed by atoms with E-state index in [1.54, 1.807) is 20.8 Å². The number of carbonyl (C=O) groups excluding carboxylic acids is 1. The fraction of sp³-hybridized carbons (Fsp3) is 0.667. The SMILES string of the molecule is CC(C)(C)OC(=O)N(CCC(=O)O)[C@H](CC(=O)O)C(=O)O. The van der Waals surface area contributed by atoms with Gasteiger partial charge in [0.05, 0.1) is 12.8 Å². The van der Waals surface area contributed by atoms with Gasteiger partial charge in [-0.1, -0.05) is 0 Å². The lowest BCUT2D eigenvalue weighted by Gasteiger charge is -2.30. The van der Waals surface area contributed by atoms with Gasteiger partial charge in [0, 0.05) is 6.54 Å². The number of nitrogens with zero attached hydrogens (tertiary/aromatic N) is 1. The number of hydrogen-bond donors (Lipinski definition) is 3. The Labute approximate surface area is 121 Å². The van der Waals surface area contributed by atoms with Gasteiger partial charge in [0.1, 0.15) is 11.6 Å². The van der Waals surface area contributed by atoms with E-state index in [1.807, 2.05) is 0 Å². The maximum Gasteiger partial charge on any atom is 0.411 e. The van der Waals surface area contributed by atoms with E-state index in [0.29, 0.717) is 4.90 Å². The van der Waals surface area contributed by atoms with E-state index >= 15 is 0 Å². The molecule has 0 aromatic heterocycles. The summed E-state index contributed by atoms with van der Waals surface area (Å²) >= 11 is 0. The van der Waals surface area contributed by atoms with Crippen LogP contribution in [0.25, 0.3) is 0 Å². The monoisotopic (exact) mass is 305 g/mol. The van der Waals surface area contributed by atoms with Crippen molar-refractivity contribution in [1.29, 1.82) is 0 Å². The molecule has 0 aliphatic heterocycles. The van der Waals surface area contributed by atoms with Crippen LogP contribution in [0, 0.1) is 0 Å².